The van der Waals surface area contributed by atoms with Crippen LogP contribution in [0.15, 0.2) is 0 Å². The van der Waals surface area contributed by atoms with E-state index in [9.17, 15) is 4.79 Å². The van der Waals surface area contributed by atoms with Crippen LogP contribution < -0.4 is 5.32 Å². The molecule has 0 heterocycles. The maximum atomic E-state index is 11.3. The zero-order valence-electron chi connectivity index (χ0n) is 9.58. The van der Waals surface area contributed by atoms with Crippen molar-refractivity contribution in [1.29, 1.82) is 5.26 Å². The maximum Gasteiger partial charge on any atom is 0.220 e. The number of methoxy groups -OCH3 is 1. The van der Waals surface area contributed by atoms with Crippen molar-refractivity contribution >= 4 is 5.91 Å². The Morgan fingerprint density at radius 2 is 2.27 bits per heavy atom. The predicted molar refractivity (Wildman–Crippen MR) is 58.2 cm³/mol. The Morgan fingerprint density at radius 3 is 2.87 bits per heavy atom. The fourth-order valence-electron chi connectivity index (χ4n) is 1.10. The molecule has 86 valence electrons. The molecule has 0 aromatic rings. The molecule has 0 bridgehead atoms. The standard InChI is InChI=1S/C11H20N2O2/c1-10(15-2)6-7-11(14)13-9-5-3-4-8-12/h10H,3-7,9H2,1-2H3,(H,13,14). The molecule has 1 unspecified atom stereocenters. The monoisotopic (exact) mass is 212 g/mol. The van der Waals surface area contributed by atoms with Gasteiger partial charge in [-0.2, -0.15) is 5.26 Å². The summed E-state index contributed by atoms with van der Waals surface area (Å²) < 4.78 is 5.04. The molecule has 0 saturated carbocycles. The number of carbonyl (C=O) groups excluding carboxylic acids is 1. The lowest BCUT2D eigenvalue weighted by molar-refractivity contribution is -0.121. The number of ether oxygens (including phenoxy) is 1. The highest BCUT2D eigenvalue weighted by molar-refractivity contribution is 5.75. The molecule has 0 radical (unpaired) electrons. The van der Waals surface area contributed by atoms with Crippen molar-refractivity contribution in [2.75, 3.05) is 13.7 Å². The molecule has 0 aliphatic carbocycles. The number of carbonyl (C=O) groups is 1. The topological polar surface area (TPSA) is 62.1 Å². The smallest absolute Gasteiger partial charge is 0.220 e. The molecule has 0 spiro atoms. The third-order valence-electron chi connectivity index (χ3n) is 2.22. The summed E-state index contributed by atoms with van der Waals surface area (Å²) in [5.41, 5.74) is 0. The first kappa shape index (κ1) is 13.9. The van der Waals surface area contributed by atoms with Crippen LogP contribution in [0.5, 0.6) is 0 Å². The van der Waals surface area contributed by atoms with Crippen LogP contribution in [-0.2, 0) is 9.53 Å². The average molecular weight is 212 g/mol. The molecule has 0 aliphatic rings. The molecule has 0 aliphatic heterocycles. The summed E-state index contributed by atoms with van der Waals surface area (Å²) >= 11 is 0. The van der Waals surface area contributed by atoms with Crippen molar-refractivity contribution in [3.8, 4) is 6.07 Å². The van der Waals surface area contributed by atoms with E-state index in [1.807, 2.05) is 6.92 Å². The molecular weight excluding hydrogens is 192 g/mol. The average Bonchev–Trinajstić information content (AvgIpc) is 2.25. The highest BCUT2D eigenvalue weighted by Gasteiger charge is 2.04. The lowest BCUT2D eigenvalue weighted by atomic mass is 10.2. The van der Waals surface area contributed by atoms with Gasteiger partial charge in [0.1, 0.15) is 0 Å². The van der Waals surface area contributed by atoms with Crippen LogP contribution in [0.3, 0.4) is 0 Å². The van der Waals surface area contributed by atoms with Crippen LogP contribution in [0, 0.1) is 11.3 Å². The van der Waals surface area contributed by atoms with E-state index in [0.717, 1.165) is 19.3 Å². The lowest BCUT2D eigenvalue weighted by Crippen LogP contribution is -2.25. The molecule has 0 rings (SSSR count). The highest BCUT2D eigenvalue weighted by Crippen LogP contribution is 1.99. The van der Waals surface area contributed by atoms with Gasteiger partial charge in [-0.05, 0) is 26.2 Å². The Bertz CT molecular complexity index is 211. The summed E-state index contributed by atoms with van der Waals surface area (Å²) in [5, 5.41) is 11.1. The fraction of sp³-hybridized carbons (Fsp3) is 0.818. The summed E-state index contributed by atoms with van der Waals surface area (Å²) in [5.74, 6) is 0.0656. The Hall–Kier alpha value is -1.08. The van der Waals surface area contributed by atoms with E-state index in [4.69, 9.17) is 10.00 Å². The van der Waals surface area contributed by atoms with E-state index in [1.165, 1.54) is 0 Å². The van der Waals surface area contributed by atoms with Gasteiger partial charge in [-0.25, -0.2) is 0 Å². The van der Waals surface area contributed by atoms with E-state index in [-0.39, 0.29) is 12.0 Å². The molecule has 0 fully saturated rings. The Labute approximate surface area is 91.6 Å². The van der Waals surface area contributed by atoms with Gasteiger partial charge in [-0.15, -0.1) is 0 Å². The number of rotatable bonds is 8. The molecule has 0 aromatic carbocycles. The number of nitrogens with zero attached hydrogens (tertiary/aromatic N) is 1. The van der Waals surface area contributed by atoms with Gasteiger partial charge in [0.05, 0.1) is 12.2 Å². The quantitative estimate of drug-likeness (QED) is 0.622. The summed E-state index contributed by atoms with van der Waals surface area (Å²) in [7, 11) is 1.64. The number of hydrogen-bond acceptors (Lipinski definition) is 3. The minimum Gasteiger partial charge on any atom is -0.382 e. The second kappa shape index (κ2) is 9.47. The number of hydrogen-bond donors (Lipinski definition) is 1. The van der Waals surface area contributed by atoms with Crippen LogP contribution >= 0.6 is 0 Å². The molecule has 0 aromatic heterocycles. The van der Waals surface area contributed by atoms with Crippen LogP contribution in [0.25, 0.3) is 0 Å². The first-order valence-corrected chi connectivity index (χ1v) is 5.37. The minimum atomic E-state index is 0.0656. The zero-order valence-corrected chi connectivity index (χ0v) is 9.58. The SMILES string of the molecule is COC(C)CCC(=O)NCCCCC#N. The molecule has 1 N–H and O–H groups in total. The van der Waals surface area contributed by atoms with Gasteiger partial charge in [0, 0.05) is 26.5 Å². The van der Waals surface area contributed by atoms with Crippen LogP contribution in [0.2, 0.25) is 0 Å². The Balaban J connectivity index is 3.30. The molecule has 1 atom stereocenters. The van der Waals surface area contributed by atoms with Gasteiger partial charge in [-0.1, -0.05) is 0 Å². The van der Waals surface area contributed by atoms with E-state index in [1.54, 1.807) is 7.11 Å². The Kier molecular flexibility index (Phi) is 8.79. The molecule has 0 saturated heterocycles. The van der Waals surface area contributed by atoms with Crippen molar-refractivity contribution in [3.63, 3.8) is 0 Å². The highest BCUT2D eigenvalue weighted by atomic mass is 16.5. The van der Waals surface area contributed by atoms with E-state index >= 15 is 0 Å². The number of nitriles is 1. The van der Waals surface area contributed by atoms with Gasteiger partial charge < -0.3 is 10.1 Å². The van der Waals surface area contributed by atoms with Gasteiger partial charge in [0.15, 0.2) is 0 Å². The second-order valence-electron chi connectivity index (χ2n) is 3.55. The number of unbranched alkanes of at least 4 members (excludes halogenated alkanes) is 2. The summed E-state index contributed by atoms with van der Waals surface area (Å²) in [6.45, 7) is 2.61. The van der Waals surface area contributed by atoms with E-state index < -0.39 is 0 Å². The summed E-state index contributed by atoms with van der Waals surface area (Å²) in [4.78, 5) is 11.3. The van der Waals surface area contributed by atoms with Gasteiger partial charge in [0.2, 0.25) is 5.91 Å². The zero-order chi connectivity index (χ0) is 11.5. The van der Waals surface area contributed by atoms with Gasteiger partial charge >= 0.3 is 0 Å². The third kappa shape index (κ3) is 9.23. The van der Waals surface area contributed by atoms with Crippen molar-refractivity contribution in [2.45, 2.75) is 45.1 Å². The number of amides is 1. The summed E-state index contributed by atoms with van der Waals surface area (Å²) in [6, 6.07) is 2.07. The first-order chi connectivity index (χ1) is 7.20. The van der Waals surface area contributed by atoms with Crippen molar-refractivity contribution in [3.05, 3.63) is 0 Å². The van der Waals surface area contributed by atoms with Crippen molar-refractivity contribution in [1.82, 2.24) is 5.32 Å². The normalized spacial score (nSPS) is 11.8. The Morgan fingerprint density at radius 1 is 1.53 bits per heavy atom. The minimum absolute atomic E-state index is 0.0656. The lowest BCUT2D eigenvalue weighted by Gasteiger charge is -2.08. The fourth-order valence-corrected chi connectivity index (χ4v) is 1.10. The van der Waals surface area contributed by atoms with Crippen LogP contribution in [-0.4, -0.2) is 25.7 Å². The number of nitrogens with one attached hydrogen (secondary N) is 1. The first-order valence-electron chi connectivity index (χ1n) is 5.37. The summed E-state index contributed by atoms with van der Waals surface area (Å²) in [6.07, 6.45) is 3.68. The molecular formula is C11H20N2O2. The van der Waals surface area contributed by atoms with Gasteiger partial charge in [-0.3, -0.25) is 4.79 Å². The molecule has 4 nitrogen and oxygen atoms in total. The van der Waals surface area contributed by atoms with Crippen LogP contribution in [0.1, 0.15) is 39.0 Å². The van der Waals surface area contributed by atoms with Gasteiger partial charge in [0.25, 0.3) is 0 Å². The second-order valence-corrected chi connectivity index (χ2v) is 3.55. The molecule has 15 heavy (non-hydrogen) atoms. The largest absolute Gasteiger partial charge is 0.382 e. The molecule has 1 amide bonds. The van der Waals surface area contributed by atoms with Crippen LogP contribution in [0.4, 0.5) is 0 Å². The third-order valence-corrected chi connectivity index (χ3v) is 2.22. The van der Waals surface area contributed by atoms with E-state index in [0.29, 0.717) is 19.4 Å². The van der Waals surface area contributed by atoms with Crippen molar-refractivity contribution in [2.24, 2.45) is 0 Å². The molecule has 4 heteroatoms. The maximum absolute atomic E-state index is 11.3. The van der Waals surface area contributed by atoms with E-state index in [2.05, 4.69) is 11.4 Å². The van der Waals surface area contributed by atoms with Crippen molar-refractivity contribution < 1.29 is 9.53 Å². The predicted octanol–water partition coefficient (Wildman–Crippen LogP) is 1.61.